The number of nitrogens with zero attached hydrogens (tertiary/aromatic N) is 3. The smallest absolute Gasteiger partial charge is 0.274 e. The molecule has 0 radical (unpaired) electrons. The van der Waals surface area contributed by atoms with Gasteiger partial charge in [-0.05, 0) is 68.1 Å². The zero-order valence-electron chi connectivity index (χ0n) is 21.4. The molecular formula is C29H33Cl3N4O2. The Bertz CT molecular complexity index is 1250. The van der Waals surface area contributed by atoms with E-state index < -0.39 is 0 Å². The van der Waals surface area contributed by atoms with E-state index in [2.05, 4.69) is 5.32 Å². The highest BCUT2D eigenvalue weighted by Crippen LogP contribution is 2.35. The molecule has 2 aromatic carbocycles. The summed E-state index contributed by atoms with van der Waals surface area (Å²) in [6.07, 6.45) is 10.5. The minimum Gasteiger partial charge on any atom is -0.439 e. The largest absolute Gasteiger partial charge is 0.439 e. The molecule has 1 amide bonds. The first-order valence-electron chi connectivity index (χ1n) is 13.5. The molecule has 2 heterocycles. The number of amides is 1. The lowest BCUT2D eigenvalue weighted by Gasteiger charge is -2.22. The highest BCUT2D eigenvalue weighted by atomic mass is 35.5. The first-order valence-corrected chi connectivity index (χ1v) is 14.7. The van der Waals surface area contributed by atoms with E-state index in [9.17, 15) is 4.79 Å². The summed E-state index contributed by atoms with van der Waals surface area (Å²) in [6.45, 7) is 1.93. The molecule has 0 atom stereocenters. The lowest BCUT2D eigenvalue weighted by atomic mass is 9.96. The van der Waals surface area contributed by atoms with E-state index in [0.29, 0.717) is 50.7 Å². The number of likely N-dealkylation sites (tertiary alicyclic amines) is 1. The van der Waals surface area contributed by atoms with E-state index in [0.717, 1.165) is 44.3 Å². The van der Waals surface area contributed by atoms with Gasteiger partial charge >= 0.3 is 0 Å². The highest BCUT2D eigenvalue weighted by molar-refractivity contribution is 6.35. The maximum atomic E-state index is 13.7. The van der Waals surface area contributed by atoms with Gasteiger partial charge in [0.15, 0.2) is 5.69 Å². The molecule has 0 unspecified atom stereocenters. The molecular weight excluding hydrogens is 543 g/mol. The molecule has 202 valence electrons. The van der Waals surface area contributed by atoms with E-state index in [4.69, 9.17) is 44.6 Å². The second-order valence-corrected chi connectivity index (χ2v) is 11.4. The molecule has 1 aromatic heterocycles. The van der Waals surface area contributed by atoms with Crippen molar-refractivity contribution in [1.29, 1.82) is 0 Å². The van der Waals surface area contributed by atoms with Gasteiger partial charge in [0.1, 0.15) is 5.75 Å². The summed E-state index contributed by atoms with van der Waals surface area (Å²) in [5.74, 6) is 0.965. The molecule has 38 heavy (non-hydrogen) atoms. The van der Waals surface area contributed by atoms with Crippen LogP contribution in [0.1, 0.15) is 73.8 Å². The van der Waals surface area contributed by atoms with Gasteiger partial charge in [-0.2, -0.15) is 9.78 Å². The Balaban J connectivity index is 1.58. The maximum absolute atomic E-state index is 13.7. The van der Waals surface area contributed by atoms with Crippen LogP contribution in [0.5, 0.6) is 11.6 Å². The van der Waals surface area contributed by atoms with Crippen molar-refractivity contribution >= 4 is 40.7 Å². The topological polar surface area (TPSA) is 59.4 Å². The number of hydrogen-bond donors (Lipinski definition) is 1. The van der Waals surface area contributed by atoms with Crippen LogP contribution < -0.4 is 10.1 Å². The Morgan fingerprint density at radius 3 is 2.24 bits per heavy atom. The van der Waals surface area contributed by atoms with Crippen LogP contribution >= 0.6 is 34.8 Å². The normalized spacial score (nSPS) is 16.9. The number of carbonyl (C=O) groups excluding carboxylic acids is 1. The molecule has 5 rings (SSSR count). The molecule has 1 aliphatic carbocycles. The van der Waals surface area contributed by atoms with Crippen LogP contribution in [0.25, 0.3) is 5.69 Å². The summed E-state index contributed by atoms with van der Waals surface area (Å²) in [4.78, 5) is 15.6. The van der Waals surface area contributed by atoms with E-state index in [1.807, 2.05) is 4.90 Å². The number of nitrogens with one attached hydrogen (secondary N) is 1. The Kier molecular flexibility index (Phi) is 9.16. The number of benzene rings is 2. The highest BCUT2D eigenvalue weighted by Gasteiger charge is 2.31. The third kappa shape index (κ3) is 6.48. The molecule has 2 fully saturated rings. The molecule has 1 saturated heterocycles. The quantitative estimate of drug-likeness (QED) is 0.309. The van der Waals surface area contributed by atoms with Gasteiger partial charge in [-0.25, -0.2) is 0 Å². The van der Waals surface area contributed by atoms with Crippen LogP contribution in [0.15, 0.2) is 42.5 Å². The standard InChI is InChI=1S/C29H33Cl3N4O2/c30-20-10-13-23(14-11-20)38-29-24(19-33-22-8-4-2-1-3-5-9-22)27(28(37)35-16-6-7-17-35)34-36(29)26-15-12-21(31)18-25(26)32/h10-15,18,22,33H,1-9,16-17,19H2. The number of hydrogen-bond acceptors (Lipinski definition) is 4. The SMILES string of the molecule is O=C(c1nn(-c2ccc(Cl)cc2Cl)c(Oc2ccc(Cl)cc2)c1CNC1CCCCCCC1)N1CCCC1. The first kappa shape index (κ1) is 27.3. The molecule has 0 bridgehead atoms. The van der Waals surface area contributed by atoms with Gasteiger partial charge in [-0.3, -0.25) is 4.79 Å². The van der Waals surface area contributed by atoms with Gasteiger partial charge < -0.3 is 15.0 Å². The van der Waals surface area contributed by atoms with Gasteiger partial charge in [0.05, 0.1) is 16.3 Å². The molecule has 1 N–H and O–H groups in total. The summed E-state index contributed by atoms with van der Waals surface area (Å²) in [5.41, 5.74) is 1.71. The number of ether oxygens (including phenoxy) is 1. The van der Waals surface area contributed by atoms with Crippen molar-refractivity contribution in [2.24, 2.45) is 0 Å². The lowest BCUT2D eigenvalue weighted by molar-refractivity contribution is 0.0785. The minimum atomic E-state index is -0.0817. The number of aromatic nitrogens is 2. The zero-order chi connectivity index (χ0) is 26.5. The fourth-order valence-electron chi connectivity index (χ4n) is 5.28. The number of rotatable bonds is 7. The van der Waals surface area contributed by atoms with Gasteiger partial charge in [0, 0.05) is 35.7 Å². The van der Waals surface area contributed by atoms with E-state index in [1.165, 1.54) is 32.1 Å². The monoisotopic (exact) mass is 574 g/mol. The van der Waals surface area contributed by atoms with Gasteiger partial charge in [0.2, 0.25) is 5.88 Å². The fraction of sp³-hybridized carbons (Fsp3) is 0.448. The Hall–Kier alpha value is -2.25. The van der Waals surface area contributed by atoms with Crippen molar-refractivity contribution in [3.05, 3.63) is 68.8 Å². The Morgan fingerprint density at radius 2 is 1.55 bits per heavy atom. The molecule has 1 aliphatic heterocycles. The molecule has 2 aliphatic rings. The van der Waals surface area contributed by atoms with Gasteiger partial charge in [-0.15, -0.1) is 0 Å². The molecule has 9 heteroatoms. The Labute approximate surface area is 239 Å². The predicted molar refractivity (Wildman–Crippen MR) is 153 cm³/mol. The third-order valence-electron chi connectivity index (χ3n) is 7.37. The third-order valence-corrected chi connectivity index (χ3v) is 8.16. The van der Waals surface area contributed by atoms with Gasteiger partial charge in [0.25, 0.3) is 5.91 Å². The van der Waals surface area contributed by atoms with E-state index >= 15 is 0 Å². The van der Waals surface area contributed by atoms with Crippen molar-refractivity contribution in [3.8, 4) is 17.3 Å². The minimum absolute atomic E-state index is 0.0817. The van der Waals surface area contributed by atoms with Crippen LogP contribution in [0.2, 0.25) is 15.1 Å². The van der Waals surface area contributed by atoms with E-state index in [-0.39, 0.29) is 5.91 Å². The van der Waals surface area contributed by atoms with Crippen LogP contribution in [0.4, 0.5) is 0 Å². The fourth-order valence-corrected chi connectivity index (χ4v) is 5.89. The van der Waals surface area contributed by atoms with Crippen molar-refractivity contribution in [2.45, 2.75) is 70.4 Å². The average molecular weight is 576 g/mol. The molecule has 3 aromatic rings. The Morgan fingerprint density at radius 1 is 0.895 bits per heavy atom. The van der Waals surface area contributed by atoms with Crippen molar-refractivity contribution in [1.82, 2.24) is 20.0 Å². The van der Waals surface area contributed by atoms with Crippen molar-refractivity contribution in [3.63, 3.8) is 0 Å². The van der Waals surface area contributed by atoms with Crippen LogP contribution in [-0.4, -0.2) is 39.7 Å². The summed E-state index contributed by atoms with van der Waals surface area (Å²) >= 11 is 18.9. The van der Waals surface area contributed by atoms with Crippen LogP contribution in [0.3, 0.4) is 0 Å². The maximum Gasteiger partial charge on any atom is 0.274 e. The lowest BCUT2D eigenvalue weighted by Crippen LogP contribution is -2.32. The van der Waals surface area contributed by atoms with Crippen LogP contribution in [-0.2, 0) is 6.54 Å². The van der Waals surface area contributed by atoms with Crippen LogP contribution in [0, 0.1) is 0 Å². The second-order valence-electron chi connectivity index (χ2n) is 10.1. The molecule has 0 spiro atoms. The summed E-state index contributed by atoms with van der Waals surface area (Å²) in [7, 11) is 0. The first-order chi connectivity index (χ1) is 18.5. The predicted octanol–water partition coefficient (Wildman–Crippen LogP) is 8.06. The zero-order valence-corrected chi connectivity index (χ0v) is 23.7. The van der Waals surface area contributed by atoms with Gasteiger partial charge in [-0.1, -0.05) is 66.9 Å². The second kappa shape index (κ2) is 12.7. The molecule has 1 saturated carbocycles. The summed E-state index contributed by atoms with van der Waals surface area (Å²) < 4.78 is 8.08. The van der Waals surface area contributed by atoms with E-state index in [1.54, 1.807) is 47.1 Å². The van der Waals surface area contributed by atoms with Crippen molar-refractivity contribution in [2.75, 3.05) is 13.1 Å². The molecule has 6 nitrogen and oxygen atoms in total. The number of halogens is 3. The average Bonchev–Trinajstić information content (AvgIpc) is 3.54. The van der Waals surface area contributed by atoms with Crippen molar-refractivity contribution < 1.29 is 9.53 Å². The number of carbonyl (C=O) groups is 1. The summed E-state index contributed by atoms with van der Waals surface area (Å²) in [5, 5.41) is 10.1. The summed E-state index contributed by atoms with van der Waals surface area (Å²) in [6, 6.07) is 12.8.